The summed E-state index contributed by atoms with van der Waals surface area (Å²) in [6, 6.07) is 0. The van der Waals surface area contributed by atoms with E-state index < -0.39 is 11.5 Å². The lowest BCUT2D eigenvalue weighted by Gasteiger charge is -2.24. The second-order valence-electron chi connectivity index (χ2n) is 4.86. The number of hydrogen-bond donors (Lipinski definition) is 2. The monoisotopic (exact) mass is 229 g/mol. The van der Waals surface area contributed by atoms with Crippen LogP contribution in [0.25, 0.3) is 0 Å². The summed E-state index contributed by atoms with van der Waals surface area (Å²) in [4.78, 5) is 11.1. The van der Waals surface area contributed by atoms with Gasteiger partial charge in [0.1, 0.15) is 5.54 Å². The lowest BCUT2D eigenvalue weighted by atomic mass is 9.96. The molecule has 2 unspecified atom stereocenters. The van der Waals surface area contributed by atoms with E-state index in [-0.39, 0.29) is 12.5 Å². The Labute approximate surface area is 94.9 Å². The zero-order valence-electron chi connectivity index (χ0n) is 9.35. The Balaban J connectivity index is 1.75. The molecule has 0 bridgehead atoms. The van der Waals surface area contributed by atoms with E-state index in [0.717, 1.165) is 25.9 Å². The fraction of sp³-hybridized carbons (Fsp3) is 0.909. The minimum absolute atomic E-state index is 0.0878. The number of hydrogen-bond acceptors (Lipinski definition) is 4. The molecular formula is C11H19NO4. The highest BCUT2D eigenvalue weighted by molar-refractivity contribution is 5.79. The summed E-state index contributed by atoms with van der Waals surface area (Å²) in [7, 11) is 0. The predicted octanol–water partition coefficient (Wildman–Crippen LogP) is 0.232. The molecule has 1 saturated carbocycles. The van der Waals surface area contributed by atoms with Crippen LogP contribution < -0.4 is 5.73 Å². The maximum absolute atomic E-state index is 11.1. The summed E-state index contributed by atoms with van der Waals surface area (Å²) >= 11 is 0. The topological polar surface area (TPSA) is 81.8 Å². The number of aliphatic carboxylic acids is 1. The van der Waals surface area contributed by atoms with Gasteiger partial charge in [-0.15, -0.1) is 0 Å². The first-order valence-electron chi connectivity index (χ1n) is 5.80. The third kappa shape index (κ3) is 2.53. The van der Waals surface area contributed by atoms with Gasteiger partial charge in [-0.1, -0.05) is 0 Å². The van der Waals surface area contributed by atoms with Gasteiger partial charge in [0.15, 0.2) is 0 Å². The Morgan fingerprint density at radius 2 is 2.25 bits per heavy atom. The van der Waals surface area contributed by atoms with E-state index in [1.165, 1.54) is 0 Å². The SMILES string of the molecule is NC(COCC1CCOC1)(C(=O)O)C1CC1. The van der Waals surface area contributed by atoms with Crippen molar-refractivity contribution < 1.29 is 19.4 Å². The number of carboxylic acids is 1. The fourth-order valence-corrected chi connectivity index (χ4v) is 2.06. The maximum atomic E-state index is 11.1. The van der Waals surface area contributed by atoms with Gasteiger partial charge in [0, 0.05) is 12.5 Å². The van der Waals surface area contributed by atoms with E-state index in [2.05, 4.69) is 0 Å². The van der Waals surface area contributed by atoms with Gasteiger partial charge in [0.2, 0.25) is 0 Å². The second kappa shape index (κ2) is 4.69. The number of nitrogens with two attached hydrogens (primary N) is 1. The molecule has 2 atom stereocenters. The summed E-state index contributed by atoms with van der Waals surface area (Å²) in [5.74, 6) is -0.459. The number of ether oxygens (including phenoxy) is 2. The van der Waals surface area contributed by atoms with Crippen molar-refractivity contribution in [3.8, 4) is 0 Å². The van der Waals surface area contributed by atoms with Gasteiger partial charge >= 0.3 is 5.97 Å². The zero-order valence-corrected chi connectivity index (χ0v) is 9.35. The predicted molar refractivity (Wildman–Crippen MR) is 57.0 cm³/mol. The first-order valence-corrected chi connectivity index (χ1v) is 5.80. The van der Waals surface area contributed by atoms with Crippen LogP contribution in [0.3, 0.4) is 0 Å². The van der Waals surface area contributed by atoms with E-state index in [9.17, 15) is 4.79 Å². The third-order valence-corrected chi connectivity index (χ3v) is 3.42. The molecule has 0 spiro atoms. The summed E-state index contributed by atoms with van der Waals surface area (Å²) < 4.78 is 10.7. The molecule has 1 aliphatic carbocycles. The average Bonchev–Trinajstić information content (AvgIpc) is 2.98. The Bertz CT molecular complexity index is 261. The van der Waals surface area contributed by atoms with Crippen LogP contribution in [0.1, 0.15) is 19.3 Å². The Morgan fingerprint density at radius 1 is 1.50 bits per heavy atom. The van der Waals surface area contributed by atoms with Gasteiger partial charge in [0.25, 0.3) is 0 Å². The highest BCUT2D eigenvalue weighted by Crippen LogP contribution is 2.38. The molecule has 0 amide bonds. The molecule has 0 radical (unpaired) electrons. The van der Waals surface area contributed by atoms with Crippen molar-refractivity contribution in [1.82, 2.24) is 0 Å². The molecule has 1 saturated heterocycles. The van der Waals surface area contributed by atoms with Crippen molar-refractivity contribution in [2.24, 2.45) is 17.6 Å². The van der Waals surface area contributed by atoms with E-state index >= 15 is 0 Å². The summed E-state index contributed by atoms with van der Waals surface area (Å²) in [6.45, 7) is 2.17. The van der Waals surface area contributed by atoms with Gasteiger partial charge in [0.05, 0.1) is 19.8 Å². The standard InChI is InChI=1S/C11H19NO4/c12-11(10(13)14,9-1-2-9)7-16-6-8-3-4-15-5-8/h8-9H,1-7,12H2,(H,13,14). The minimum Gasteiger partial charge on any atom is -0.480 e. The Morgan fingerprint density at radius 3 is 2.75 bits per heavy atom. The summed E-state index contributed by atoms with van der Waals surface area (Å²) in [5, 5.41) is 9.11. The number of carboxylic acid groups (broad SMARTS) is 1. The van der Waals surface area contributed by atoms with E-state index in [1.54, 1.807) is 0 Å². The van der Waals surface area contributed by atoms with Crippen molar-refractivity contribution in [2.45, 2.75) is 24.8 Å². The second-order valence-corrected chi connectivity index (χ2v) is 4.86. The molecule has 1 aliphatic heterocycles. The van der Waals surface area contributed by atoms with Crippen LogP contribution in [-0.4, -0.2) is 43.0 Å². The first-order chi connectivity index (χ1) is 7.63. The fourth-order valence-electron chi connectivity index (χ4n) is 2.06. The Hall–Kier alpha value is -0.650. The van der Waals surface area contributed by atoms with Crippen LogP contribution >= 0.6 is 0 Å². The third-order valence-electron chi connectivity index (χ3n) is 3.42. The first kappa shape index (κ1) is 11.8. The smallest absolute Gasteiger partial charge is 0.326 e. The van der Waals surface area contributed by atoms with Crippen LogP contribution in [0, 0.1) is 11.8 Å². The largest absolute Gasteiger partial charge is 0.480 e. The quantitative estimate of drug-likeness (QED) is 0.681. The number of carbonyl (C=O) groups is 1. The molecule has 16 heavy (non-hydrogen) atoms. The lowest BCUT2D eigenvalue weighted by Crippen LogP contribution is -2.54. The molecule has 5 heteroatoms. The van der Waals surface area contributed by atoms with Gasteiger partial charge in [-0.25, -0.2) is 0 Å². The molecule has 2 rings (SSSR count). The van der Waals surface area contributed by atoms with Crippen LogP contribution in [0.15, 0.2) is 0 Å². The maximum Gasteiger partial charge on any atom is 0.326 e. The highest BCUT2D eigenvalue weighted by Gasteiger charge is 2.48. The van der Waals surface area contributed by atoms with Crippen molar-refractivity contribution in [2.75, 3.05) is 26.4 Å². The molecule has 3 N–H and O–H groups in total. The normalized spacial score (nSPS) is 28.9. The molecule has 2 aliphatic rings. The molecule has 5 nitrogen and oxygen atoms in total. The van der Waals surface area contributed by atoms with E-state index in [0.29, 0.717) is 19.1 Å². The minimum atomic E-state index is -1.18. The molecule has 2 fully saturated rings. The zero-order chi connectivity index (χ0) is 11.6. The van der Waals surface area contributed by atoms with Gasteiger partial charge in [-0.05, 0) is 25.2 Å². The van der Waals surface area contributed by atoms with Gasteiger partial charge in [-0.2, -0.15) is 0 Å². The van der Waals surface area contributed by atoms with Crippen LogP contribution in [0.4, 0.5) is 0 Å². The van der Waals surface area contributed by atoms with Gasteiger partial charge < -0.3 is 20.3 Å². The summed E-state index contributed by atoms with van der Waals surface area (Å²) in [6.07, 6.45) is 2.80. The molecular weight excluding hydrogens is 210 g/mol. The van der Waals surface area contributed by atoms with Crippen LogP contribution in [-0.2, 0) is 14.3 Å². The van der Waals surface area contributed by atoms with Crippen LogP contribution in [0.5, 0.6) is 0 Å². The molecule has 92 valence electrons. The number of rotatable bonds is 6. The molecule has 1 heterocycles. The molecule has 0 aromatic carbocycles. The highest BCUT2D eigenvalue weighted by atomic mass is 16.5. The molecule has 0 aromatic rings. The lowest BCUT2D eigenvalue weighted by molar-refractivity contribution is -0.147. The van der Waals surface area contributed by atoms with Gasteiger partial charge in [-0.3, -0.25) is 4.79 Å². The average molecular weight is 229 g/mol. The van der Waals surface area contributed by atoms with Crippen molar-refractivity contribution in [3.63, 3.8) is 0 Å². The van der Waals surface area contributed by atoms with E-state index in [1.807, 2.05) is 0 Å². The summed E-state index contributed by atoms with van der Waals surface area (Å²) in [5.41, 5.74) is 4.69. The van der Waals surface area contributed by atoms with Crippen LogP contribution in [0.2, 0.25) is 0 Å². The van der Waals surface area contributed by atoms with E-state index in [4.69, 9.17) is 20.3 Å². The van der Waals surface area contributed by atoms with Crippen molar-refractivity contribution in [1.29, 1.82) is 0 Å². The molecule has 0 aromatic heterocycles. The van der Waals surface area contributed by atoms with Crippen molar-refractivity contribution >= 4 is 5.97 Å². The van der Waals surface area contributed by atoms with Crippen molar-refractivity contribution in [3.05, 3.63) is 0 Å². The Kier molecular flexibility index (Phi) is 3.47.